The summed E-state index contributed by atoms with van der Waals surface area (Å²) in [5.41, 5.74) is 0.0770. The molecular weight excluding hydrogens is 251 g/mol. The van der Waals surface area contributed by atoms with Gasteiger partial charge in [-0.25, -0.2) is 0 Å². The van der Waals surface area contributed by atoms with Gasteiger partial charge in [0.25, 0.3) is 0 Å². The monoisotopic (exact) mass is 266 g/mol. The summed E-state index contributed by atoms with van der Waals surface area (Å²) in [6.45, 7) is 0. The van der Waals surface area contributed by atoms with Gasteiger partial charge < -0.3 is 29.6 Å². The van der Waals surface area contributed by atoms with Crippen LogP contribution in [-0.2, 0) is 17.4 Å². The fourth-order valence-corrected chi connectivity index (χ4v) is 4.69. The summed E-state index contributed by atoms with van der Waals surface area (Å²) in [6.07, 6.45) is 7.97. The van der Waals surface area contributed by atoms with Crippen LogP contribution in [0, 0.1) is 17.8 Å². The summed E-state index contributed by atoms with van der Waals surface area (Å²) in [7, 11) is 0. The number of hydrogen-bond acceptors (Lipinski definition) is 3. The van der Waals surface area contributed by atoms with Gasteiger partial charge in [-0.1, -0.05) is 0 Å². The van der Waals surface area contributed by atoms with Gasteiger partial charge in [0.2, 0.25) is 0 Å². The average molecular weight is 266 g/mol. The average Bonchev–Trinajstić information content (AvgIpc) is 1.96. The molecule has 15 heavy (non-hydrogen) atoms. The van der Waals surface area contributed by atoms with Crippen LogP contribution >= 0.6 is 12.2 Å². The maximum Gasteiger partial charge on any atom is 1.00 e. The van der Waals surface area contributed by atoms with Gasteiger partial charge in [-0.05, 0) is 56.3 Å². The first-order valence-electron chi connectivity index (χ1n) is 5.55. The van der Waals surface area contributed by atoms with Crippen molar-refractivity contribution in [3.8, 4) is 0 Å². The van der Waals surface area contributed by atoms with Gasteiger partial charge in [0.05, 0.1) is 0 Å². The molecule has 0 heterocycles. The Bertz CT molecular complexity index is 244. The van der Waals surface area contributed by atoms with Crippen LogP contribution in [0.4, 0.5) is 0 Å². The summed E-state index contributed by atoms with van der Waals surface area (Å²) in [5.74, 6) is 2.72. The van der Waals surface area contributed by atoms with E-state index in [0.29, 0.717) is 4.38 Å². The minimum atomic E-state index is 0. The molecule has 0 radical (unpaired) electrons. The normalized spacial score (nSPS) is 46.0. The Morgan fingerprint density at radius 2 is 1.47 bits per heavy atom. The second-order valence-electron chi connectivity index (χ2n) is 5.45. The van der Waals surface area contributed by atoms with Gasteiger partial charge in [0.1, 0.15) is 5.60 Å². The van der Waals surface area contributed by atoms with Crippen LogP contribution in [0.15, 0.2) is 0 Å². The molecule has 0 spiro atoms. The molecule has 4 aliphatic rings. The Hall–Kier alpha value is 1.75. The first-order chi connectivity index (χ1) is 6.65. The molecule has 4 fully saturated rings. The summed E-state index contributed by atoms with van der Waals surface area (Å²) in [5, 5.41) is 0. The third kappa shape index (κ3) is 2.61. The van der Waals surface area contributed by atoms with Crippen molar-refractivity contribution in [2.45, 2.75) is 44.1 Å². The molecule has 1 nitrogen and oxygen atoms in total. The van der Waals surface area contributed by atoms with Crippen LogP contribution < -0.4 is 51.4 Å². The zero-order valence-electron chi connectivity index (χ0n) is 9.20. The fraction of sp³-hybridized carbons (Fsp3) is 0.909. The van der Waals surface area contributed by atoms with Gasteiger partial charge in [-0.2, -0.15) is 0 Å². The molecule has 0 N–H and O–H groups in total. The molecule has 0 amide bonds. The van der Waals surface area contributed by atoms with Crippen LogP contribution in [0.2, 0.25) is 0 Å². The Kier molecular flexibility index (Phi) is 4.21. The van der Waals surface area contributed by atoms with Crippen molar-refractivity contribution in [2.24, 2.45) is 17.8 Å². The largest absolute Gasteiger partial charge is 1.00 e. The van der Waals surface area contributed by atoms with Crippen molar-refractivity contribution < 1.29 is 56.1 Å². The zero-order valence-corrected chi connectivity index (χ0v) is 14.0. The van der Waals surface area contributed by atoms with Crippen LogP contribution in [0.5, 0.6) is 0 Å². The third-order valence-corrected chi connectivity index (χ3v) is 4.45. The number of hydrogen-bond donors (Lipinski definition) is 0. The molecule has 0 unspecified atom stereocenters. The molecular formula is C11H15KOS2. The van der Waals surface area contributed by atoms with Crippen molar-refractivity contribution in [1.29, 1.82) is 0 Å². The molecule has 0 aliphatic heterocycles. The van der Waals surface area contributed by atoms with Crippen LogP contribution in [0.3, 0.4) is 0 Å². The molecule has 0 aromatic heterocycles. The fourth-order valence-electron chi connectivity index (χ4n) is 4.33. The van der Waals surface area contributed by atoms with Crippen LogP contribution in [0.25, 0.3) is 0 Å². The topological polar surface area (TPSA) is 9.23 Å². The van der Waals surface area contributed by atoms with E-state index in [1.165, 1.54) is 38.5 Å². The second-order valence-corrected chi connectivity index (χ2v) is 6.45. The molecule has 0 aromatic rings. The standard InChI is InChI=1S/C11H16OS2.K/c13-10(14)12-11-4-7-1-8(5-11)3-9(2-7)6-11;/h7-9H,1-6H2,(H,13,14);/q;+1/p-1. The van der Waals surface area contributed by atoms with E-state index in [1.54, 1.807) is 0 Å². The molecule has 0 saturated heterocycles. The van der Waals surface area contributed by atoms with Crippen molar-refractivity contribution in [3.05, 3.63) is 0 Å². The zero-order chi connectivity index (χ0) is 9.76. The van der Waals surface area contributed by atoms with Crippen LogP contribution in [-0.4, -0.2) is 9.98 Å². The molecule has 4 aliphatic carbocycles. The maximum absolute atomic E-state index is 5.80. The Morgan fingerprint density at radius 1 is 1.07 bits per heavy atom. The van der Waals surface area contributed by atoms with E-state index >= 15 is 0 Å². The van der Waals surface area contributed by atoms with Gasteiger partial charge >= 0.3 is 51.4 Å². The van der Waals surface area contributed by atoms with E-state index in [-0.39, 0.29) is 57.0 Å². The van der Waals surface area contributed by atoms with E-state index in [9.17, 15) is 0 Å². The minimum absolute atomic E-state index is 0. The summed E-state index contributed by atoms with van der Waals surface area (Å²) < 4.78 is 6.14. The van der Waals surface area contributed by atoms with E-state index in [0.717, 1.165) is 17.8 Å². The van der Waals surface area contributed by atoms with Gasteiger partial charge in [0, 0.05) is 4.38 Å². The first-order valence-corrected chi connectivity index (χ1v) is 6.37. The molecule has 4 heteroatoms. The quantitative estimate of drug-likeness (QED) is 0.370. The number of thiocarbonyl (C=S) groups is 1. The molecule has 4 rings (SSSR count). The van der Waals surface area contributed by atoms with Gasteiger partial charge in [-0.3, -0.25) is 0 Å². The maximum atomic E-state index is 5.80. The molecule has 0 atom stereocenters. The Labute approximate surface area is 145 Å². The van der Waals surface area contributed by atoms with Gasteiger partial charge in [-0.15, -0.1) is 0 Å². The Morgan fingerprint density at radius 3 is 1.80 bits per heavy atom. The number of ether oxygens (including phenoxy) is 1. The van der Waals surface area contributed by atoms with E-state index < -0.39 is 0 Å². The van der Waals surface area contributed by atoms with Gasteiger partial charge in [0.15, 0.2) is 0 Å². The molecule has 4 saturated carbocycles. The second kappa shape index (κ2) is 4.79. The molecule has 0 aromatic carbocycles. The van der Waals surface area contributed by atoms with E-state index in [4.69, 9.17) is 29.6 Å². The van der Waals surface area contributed by atoms with Crippen LogP contribution in [0.1, 0.15) is 38.5 Å². The summed E-state index contributed by atoms with van der Waals surface area (Å²) in [6, 6.07) is 0. The van der Waals surface area contributed by atoms with Crippen molar-refractivity contribution in [1.82, 2.24) is 0 Å². The predicted octanol–water partition coefficient (Wildman–Crippen LogP) is -0.192. The Balaban J connectivity index is 0.000000853. The number of rotatable bonds is 1. The predicted molar refractivity (Wildman–Crippen MR) is 62.0 cm³/mol. The SMILES string of the molecule is S=C([S-])OC12CC3CC(CC(C3)C1)C2.[K+]. The molecule has 4 bridgehead atoms. The van der Waals surface area contributed by atoms with E-state index in [1.807, 2.05) is 0 Å². The van der Waals surface area contributed by atoms with Crippen molar-refractivity contribution in [3.63, 3.8) is 0 Å². The van der Waals surface area contributed by atoms with Crippen molar-refractivity contribution >= 4 is 29.2 Å². The summed E-state index contributed by atoms with van der Waals surface area (Å²) >= 11 is 9.85. The smallest absolute Gasteiger partial charge is 0.507 e. The first kappa shape index (κ1) is 13.2. The summed E-state index contributed by atoms with van der Waals surface area (Å²) in [4.78, 5) is 0. The third-order valence-electron chi connectivity index (χ3n) is 4.28. The van der Waals surface area contributed by atoms with Crippen molar-refractivity contribution in [2.75, 3.05) is 0 Å². The minimum Gasteiger partial charge on any atom is -0.507 e. The molecule has 78 valence electrons. The van der Waals surface area contributed by atoms with E-state index in [2.05, 4.69) is 0 Å².